The second-order valence-electron chi connectivity index (χ2n) is 4.72. The predicted molar refractivity (Wildman–Crippen MR) is 78.0 cm³/mol. The van der Waals surface area contributed by atoms with Crippen LogP contribution in [-0.2, 0) is 13.5 Å². The molecule has 2 heterocycles. The summed E-state index contributed by atoms with van der Waals surface area (Å²) >= 11 is 0. The summed E-state index contributed by atoms with van der Waals surface area (Å²) in [4.78, 5) is 8.70. The first-order valence-corrected chi connectivity index (χ1v) is 6.87. The van der Waals surface area contributed by atoms with E-state index in [1.165, 1.54) is 5.56 Å². The van der Waals surface area contributed by atoms with E-state index in [4.69, 9.17) is 4.74 Å². The van der Waals surface area contributed by atoms with E-state index in [0.29, 0.717) is 18.4 Å². The third kappa shape index (κ3) is 4.22. The van der Waals surface area contributed by atoms with Crippen molar-refractivity contribution in [3.8, 4) is 5.88 Å². The van der Waals surface area contributed by atoms with Gasteiger partial charge < -0.3 is 10.1 Å². The third-order valence-corrected chi connectivity index (χ3v) is 2.74. The van der Waals surface area contributed by atoms with Gasteiger partial charge in [-0.1, -0.05) is 6.92 Å². The molecule has 2 rings (SSSR count). The number of hydrogen-bond donors (Lipinski definition) is 1. The van der Waals surface area contributed by atoms with Crippen molar-refractivity contribution in [2.24, 2.45) is 7.05 Å². The molecule has 2 aromatic rings. The van der Waals surface area contributed by atoms with Gasteiger partial charge in [-0.25, -0.2) is 4.98 Å². The lowest BCUT2D eigenvalue weighted by Crippen LogP contribution is -2.09. The molecule has 0 aliphatic heterocycles. The van der Waals surface area contributed by atoms with Gasteiger partial charge in [0, 0.05) is 31.5 Å². The highest BCUT2D eigenvalue weighted by molar-refractivity contribution is 5.30. The Morgan fingerprint density at radius 2 is 2.20 bits per heavy atom. The Balaban J connectivity index is 1.89. The highest BCUT2D eigenvalue weighted by atomic mass is 16.5. The number of anilines is 1. The molecule has 0 saturated heterocycles. The van der Waals surface area contributed by atoms with E-state index in [-0.39, 0.29) is 0 Å². The van der Waals surface area contributed by atoms with Crippen molar-refractivity contribution in [2.45, 2.75) is 26.7 Å². The number of aromatic nitrogens is 4. The minimum absolute atomic E-state index is 0.611. The van der Waals surface area contributed by atoms with Gasteiger partial charge in [-0.05, 0) is 25.3 Å². The van der Waals surface area contributed by atoms with Crippen molar-refractivity contribution in [3.05, 3.63) is 29.7 Å². The first kappa shape index (κ1) is 14.3. The van der Waals surface area contributed by atoms with E-state index in [1.54, 1.807) is 4.68 Å². The summed E-state index contributed by atoms with van der Waals surface area (Å²) in [7, 11) is 1.91. The number of ether oxygens (including phenoxy) is 1. The van der Waals surface area contributed by atoms with Crippen LogP contribution in [0.3, 0.4) is 0 Å². The number of nitrogens with zero attached hydrogens (tertiary/aromatic N) is 4. The molecule has 0 aliphatic carbocycles. The van der Waals surface area contributed by atoms with Crippen molar-refractivity contribution in [1.82, 2.24) is 19.7 Å². The maximum absolute atomic E-state index is 5.54. The van der Waals surface area contributed by atoms with E-state index in [1.807, 2.05) is 32.4 Å². The first-order chi connectivity index (χ1) is 9.67. The van der Waals surface area contributed by atoms with Gasteiger partial charge in [0.2, 0.25) is 11.8 Å². The van der Waals surface area contributed by atoms with Gasteiger partial charge in [0.1, 0.15) is 0 Å². The summed E-state index contributed by atoms with van der Waals surface area (Å²) in [5, 5.41) is 7.36. The maximum atomic E-state index is 5.54. The van der Waals surface area contributed by atoms with Crippen molar-refractivity contribution < 1.29 is 4.74 Å². The van der Waals surface area contributed by atoms with Crippen molar-refractivity contribution in [2.75, 3.05) is 18.5 Å². The number of nitrogens with one attached hydrogen (secondary N) is 1. The molecule has 0 unspecified atom stereocenters. The van der Waals surface area contributed by atoms with Gasteiger partial charge in [-0.3, -0.25) is 4.68 Å². The minimum Gasteiger partial charge on any atom is -0.478 e. The zero-order valence-electron chi connectivity index (χ0n) is 12.3. The summed E-state index contributed by atoms with van der Waals surface area (Å²) in [5.41, 5.74) is 2.09. The average Bonchev–Trinajstić information content (AvgIpc) is 2.81. The summed E-state index contributed by atoms with van der Waals surface area (Å²) < 4.78 is 7.34. The van der Waals surface area contributed by atoms with Gasteiger partial charge >= 0.3 is 0 Å². The monoisotopic (exact) mass is 275 g/mol. The summed E-state index contributed by atoms with van der Waals surface area (Å²) in [6.07, 6.45) is 5.73. The first-order valence-electron chi connectivity index (χ1n) is 6.87. The van der Waals surface area contributed by atoms with Crippen LogP contribution < -0.4 is 10.1 Å². The van der Waals surface area contributed by atoms with E-state index >= 15 is 0 Å². The standard InChI is InChI=1S/C14H21N5O/c1-4-7-20-13-8-11(2)17-14(18-13)15-6-5-12-9-16-19(3)10-12/h8-10H,4-7H2,1-3H3,(H,15,17,18). The zero-order chi connectivity index (χ0) is 14.4. The molecule has 0 radical (unpaired) electrons. The predicted octanol–water partition coefficient (Wildman–Crippen LogP) is 1.96. The highest BCUT2D eigenvalue weighted by Crippen LogP contribution is 2.12. The van der Waals surface area contributed by atoms with Crippen LogP contribution in [0.1, 0.15) is 24.6 Å². The molecule has 2 aromatic heterocycles. The molecule has 0 fully saturated rings. The summed E-state index contributed by atoms with van der Waals surface area (Å²) in [6.45, 7) is 5.45. The van der Waals surface area contributed by atoms with Gasteiger partial charge in [0.15, 0.2) is 0 Å². The second-order valence-corrected chi connectivity index (χ2v) is 4.72. The van der Waals surface area contributed by atoms with Crippen LogP contribution in [0.15, 0.2) is 18.5 Å². The van der Waals surface area contributed by atoms with Crippen LogP contribution in [0.5, 0.6) is 5.88 Å². The Morgan fingerprint density at radius 3 is 2.90 bits per heavy atom. The molecule has 0 amide bonds. The van der Waals surface area contributed by atoms with Crippen LogP contribution in [0.25, 0.3) is 0 Å². The Bertz CT molecular complexity index is 552. The summed E-state index contributed by atoms with van der Waals surface area (Å²) in [6, 6.07) is 1.85. The fourth-order valence-electron chi connectivity index (χ4n) is 1.82. The van der Waals surface area contributed by atoms with E-state index in [0.717, 1.165) is 25.1 Å². The molecule has 6 nitrogen and oxygen atoms in total. The average molecular weight is 275 g/mol. The molecule has 108 valence electrons. The van der Waals surface area contributed by atoms with E-state index < -0.39 is 0 Å². The number of rotatable bonds is 7. The van der Waals surface area contributed by atoms with Crippen LogP contribution in [0.4, 0.5) is 5.95 Å². The van der Waals surface area contributed by atoms with Crippen LogP contribution in [0.2, 0.25) is 0 Å². The van der Waals surface area contributed by atoms with Gasteiger partial charge in [0.25, 0.3) is 0 Å². The fourth-order valence-corrected chi connectivity index (χ4v) is 1.82. The second kappa shape index (κ2) is 6.88. The maximum Gasteiger partial charge on any atom is 0.226 e. The Morgan fingerprint density at radius 1 is 1.35 bits per heavy atom. The normalized spacial score (nSPS) is 10.6. The van der Waals surface area contributed by atoms with E-state index in [2.05, 4.69) is 27.3 Å². The van der Waals surface area contributed by atoms with E-state index in [9.17, 15) is 0 Å². The number of hydrogen-bond acceptors (Lipinski definition) is 5. The molecule has 0 atom stereocenters. The van der Waals surface area contributed by atoms with Gasteiger partial charge in [0.05, 0.1) is 12.8 Å². The lowest BCUT2D eigenvalue weighted by atomic mass is 10.2. The minimum atomic E-state index is 0.611. The van der Waals surface area contributed by atoms with Gasteiger partial charge in [-0.15, -0.1) is 0 Å². The molecule has 20 heavy (non-hydrogen) atoms. The largest absolute Gasteiger partial charge is 0.478 e. The van der Waals surface area contributed by atoms with Crippen LogP contribution in [-0.4, -0.2) is 32.9 Å². The molecule has 0 spiro atoms. The molecule has 1 N–H and O–H groups in total. The molecule has 0 saturated carbocycles. The quantitative estimate of drug-likeness (QED) is 0.837. The molecule has 6 heteroatoms. The molecule has 0 aliphatic rings. The van der Waals surface area contributed by atoms with Crippen molar-refractivity contribution in [3.63, 3.8) is 0 Å². The summed E-state index contributed by atoms with van der Waals surface area (Å²) in [5.74, 6) is 1.24. The SMILES string of the molecule is CCCOc1cc(C)nc(NCCc2cnn(C)c2)n1. The smallest absolute Gasteiger partial charge is 0.226 e. The van der Waals surface area contributed by atoms with Crippen LogP contribution >= 0.6 is 0 Å². The fraction of sp³-hybridized carbons (Fsp3) is 0.500. The lowest BCUT2D eigenvalue weighted by Gasteiger charge is -2.08. The molecular weight excluding hydrogens is 254 g/mol. The Labute approximate surface area is 119 Å². The van der Waals surface area contributed by atoms with Crippen molar-refractivity contribution >= 4 is 5.95 Å². The lowest BCUT2D eigenvalue weighted by molar-refractivity contribution is 0.305. The number of aryl methyl sites for hydroxylation is 2. The highest BCUT2D eigenvalue weighted by Gasteiger charge is 2.03. The Hall–Kier alpha value is -2.11. The topological polar surface area (TPSA) is 64.9 Å². The van der Waals surface area contributed by atoms with Crippen molar-refractivity contribution in [1.29, 1.82) is 0 Å². The molecular formula is C14H21N5O. The zero-order valence-corrected chi connectivity index (χ0v) is 12.3. The molecule has 0 aromatic carbocycles. The third-order valence-electron chi connectivity index (χ3n) is 2.74. The van der Waals surface area contributed by atoms with Gasteiger partial charge in [-0.2, -0.15) is 10.1 Å². The molecule has 0 bridgehead atoms. The van der Waals surface area contributed by atoms with Crippen LogP contribution in [0, 0.1) is 6.92 Å². The Kier molecular flexibility index (Phi) is 4.92.